The Hall–Kier alpha value is -0.290. The van der Waals surface area contributed by atoms with Gasteiger partial charge in [-0.1, -0.05) is 15.9 Å². The van der Waals surface area contributed by atoms with E-state index < -0.39 is 11.6 Å². The highest BCUT2D eigenvalue weighted by Gasteiger charge is 2.12. The molecular weight excluding hydrogens is 310 g/mol. The fourth-order valence-corrected chi connectivity index (χ4v) is 1.35. The summed E-state index contributed by atoms with van der Waals surface area (Å²) in [7, 11) is 0. The van der Waals surface area contributed by atoms with Gasteiger partial charge in [-0.2, -0.15) is 0 Å². The van der Waals surface area contributed by atoms with Crippen LogP contribution < -0.4 is 0 Å². The van der Waals surface area contributed by atoms with Crippen LogP contribution in [0.3, 0.4) is 0 Å². The van der Waals surface area contributed by atoms with E-state index in [1.54, 1.807) is 0 Å². The maximum atomic E-state index is 12.9. The number of alkyl halides is 1. The lowest BCUT2D eigenvalue weighted by Crippen LogP contribution is -2.02. The zero-order valence-corrected chi connectivity index (χ0v) is 9.45. The molecule has 0 heterocycles. The van der Waals surface area contributed by atoms with Crippen molar-refractivity contribution in [2.75, 3.05) is 5.33 Å². The predicted octanol–water partition coefficient (Wildman–Crippen LogP) is 3.30. The van der Waals surface area contributed by atoms with Crippen molar-refractivity contribution in [3.8, 4) is 0 Å². The predicted molar refractivity (Wildman–Crippen MR) is 52.2 cm³/mol. The Morgan fingerprint density at radius 3 is 2.15 bits per heavy atom. The highest BCUT2D eigenvalue weighted by atomic mass is 79.9. The van der Waals surface area contributed by atoms with Crippen LogP contribution in [0.2, 0.25) is 0 Å². The summed E-state index contributed by atoms with van der Waals surface area (Å²) in [5.41, 5.74) is 0.0232. The minimum Gasteiger partial charge on any atom is -0.293 e. The second-order valence-corrected chi connectivity index (χ2v) is 3.66. The van der Waals surface area contributed by atoms with E-state index in [2.05, 4.69) is 31.9 Å². The molecule has 1 aromatic carbocycles. The Labute approximate surface area is 90.4 Å². The Bertz CT molecular complexity index is 329. The Morgan fingerprint density at radius 1 is 1.31 bits per heavy atom. The molecule has 0 radical (unpaired) electrons. The van der Waals surface area contributed by atoms with Crippen LogP contribution in [0.15, 0.2) is 16.6 Å². The summed E-state index contributed by atoms with van der Waals surface area (Å²) >= 11 is 5.62. The maximum Gasteiger partial charge on any atom is 0.173 e. The van der Waals surface area contributed by atoms with Gasteiger partial charge in [-0.25, -0.2) is 8.78 Å². The average Bonchev–Trinajstić information content (AvgIpc) is 2.12. The zero-order valence-electron chi connectivity index (χ0n) is 6.28. The molecule has 0 bridgehead atoms. The van der Waals surface area contributed by atoms with Crippen LogP contribution in [0.1, 0.15) is 10.4 Å². The van der Waals surface area contributed by atoms with Gasteiger partial charge in [0.25, 0.3) is 0 Å². The molecule has 1 rings (SSSR count). The molecule has 0 aliphatic carbocycles. The minimum absolute atomic E-state index is 0.0232. The van der Waals surface area contributed by atoms with Gasteiger partial charge in [0.1, 0.15) is 11.6 Å². The Kier molecular flexibility index (Phi) is 3.55. The normalized spacial score (nSPS) is 10.2. The molecule has 0 aliphatic heterocycles. The number of hydrogen-bond acceptors (Lipinski definition) is 1. The summed E-state index contributed by atoms with van der Waals surface area (Å²) in [6.07, 6.45) is 0. The lowest BCUT2D eigenvalue weighted by atomic mass is 10.1. The van der Waals surface area contributed by atoms with E-state index in [1.807, 2.05) is 0 Å². The van der Waals surface area contributed by atoms with Crippen molar-refractivity contribution >= 4 is 37.6 Å². The van der Waals surface area contributed by atoms with Crippen LogP contribution in [0.25, 0.3) is 0 Å². The largest absolute Gasteiger partial charge is 0.293 e. The number of hydrogen-bond donors (Lipinski definition) is 0. The van der Waals surface area contributed by atoms with Crippen molar-refractivity contribution < 1.29 is 13.6 Å². The molecular formula is C8H4Br2F2O. The van der Waals surface area contributed by atoms with Gasteiger partial charge >= 0.3 is 0 Å². The average molecular weight is 314 g/mol. The number of carbonyl (C=O) groups is 1. The molecule has 0 fully saturated rings. The monoisotopic (exact) mass is 312 g/mol. The van der Waals surface area contributed by atoms with E-state index in [1.165, 1.54) is 0 Å². The molecule has 0 N–H and O–H groups in total. The summed E-state index contributed by atoms with van der Waals surface area (Å²) < 4.78 is 25.5. The second-order valence-electron chi connectivity index (χ2n) is 2.31. The number of rotatable bonds is 2. The lowest BCUT2D eigenvalue weighted by molar-refractivity contribution is 0.102. The first-order valence-electron chi connectivity index (χ1n) is 3.30. The van der Waals surface area contributed by atoms with Gasteiger partial charge in [-0.3, -0.25) is 4.79 Å². The fraction of sp³-hybridized carbons (Fsp3) is 0.125. The first-order valence-corrected chi connectivity index (χ1v) is 5.21. The van der Waals surface area contributed by atoms with Gasteiger partial charge in [-0.05, 0) is 28.1 Å². The fourth-order valence-electron chi connectivity index (χ4n) is 0.794. The third kappa shape index (κ3) is 2.34. The summed E-state index contributed by atoms with van der Waals surface area (Å²) in [4.78, 5) is 11.0. The first kappa shape index (κ1) is 10.8. The van der Waals surface area contributed by atoms with Gasteiger partial charge in [-0.15, -0.1) is 0 Å². The molecule has 0 saturated heterocycles. The van der Waals surface area contributed by atoms with Crippen LogP contribution in [0, 0.1) is 11.6 Å². The van der Waals surface area contributed by atoms with E-state index in [0.29, 0.717) is 0 Å². The first-order chi connectivity index (χ1) is 6.06. The topological polar surface area (TPSA) is 17.1 Å². The highest BCUT2D eigenvalue weighted by molar-refractivity contribution is 9.10. The van der Waals surface area contributed by atoms with E-state index in [0.717, 1.165) is 12.1 Å². The molecule has 0 saturated carbocycles. The number of carbonyl (C=O) groups excluding carboxylic acids is 1. The molecule has 0 spiro atoms. The Morgan fingerprint density at radius 2 is 1.77 bits per heavy atom. The molecule has 1 aromatic rings. The summed E-state index contributed by atoms with van der Waals surface area (Å²) in [5.74, 6) is -1.90. The van der Waals surface area contributed by atoms with E-state index in [4.69, 9.17) is 0 Å². The molecule has 1 nitrogen and oxygen atoms in total. The molecule has 0 atom stereocenters. The van der Waals surface area contributed by atoms with Gasteiger partial charge in [0.05, 0.1) is 9.80 Å². The molecule has 0 unspecified atom stereocenters. The third-order valence-corrected chi connectivity index (χ3v) is 2.69. The van der Waals surface area contributed by atoms with Gasteiger partial charge in [0.2, 0.25) is 0 Å². The third-order valence-electron chi connectivity index (χ3n) is 1.43. The van der Waals surface area contributed by atoms with Crippen molar-refractivity contribution in [1.82, 2.24) is 0 Å². The van der Waals surface area contributed by atoms with Crippen molar-refractivity contribution in [2.45, 2.75) is 0 Å². The summed E-state index contributed by atoms with van der Waals surface area (Å²) in [6.45, 7) is 0. The summed E-state index contributed by atoms with van der Waals surface area (Å²) in [6, 6.07) is 1.99. The van der Waals surface area contributed by atoms with Gasteiger partial charge in [0, 0.05) is 5.56 Å². The minimum atomic E-state index is -0.774. The van der Waals surface area contributed by atoms with Gasteiger partial charge < -0.3 is 0 Å². The van der Waals surface area contributed by atoms with Crippen molar-refractivity contribution in [2.24, 2.45) is 0 Å². The second kappa shape index (κ2) is 4.28. The van der Waals surface area contributed by atoms with Crippen LogP contribution in [-0.4, -0.2) is 11.1 Å². The molecule has 13 heavy (non-hydrogen) atoms. The highest BCUT2D eigenvalue weighted by Crippen LogP contribution is 2.21. The van der Waals surface area contributed by atoms with E-state index in [-0.39, 0.29) is 21.1 Å². The van der Waals surface area contributed by atoms with Crippen molar-refractivity contribution in [3.63, 3.8) is 0 Å². The summed E-state index contributed by atoms with van der Waals surface area (Å²) in [5, 5.41) is 0.0491. The molecule has 70 valence electrons. The lowest BCUT2D eigenvalue weighted by Gasteiger charge is -2.00. The molecule has 0 aromatic heterocycles. The van der Waals surface area contributed by atoms with Crippen LogP contribution in [-0.2, 0) is 0 Å². The number of Topliss-reactive ketones (excluding diaryl/α,β-unsaturated/α-hetero) is 1. The van der Waals surface area contributed by atoms with Crippen LogP contribution in [0.4, 0.5) is 8.78 Å². The van der Waals surface area contributed by atoms with Gasteiger partial charge in [0.15, 0.2) is 5.78 Å². The van der Waals surface area contributed by atoms with Crippen molar-refractivity contribution in [3.05, 3.63) is 33.8 Å². The quantitative estimate of drug-likeness (QED) is 0.465. The van der Waals surface area contributed by atoms with Crippen LogP contribution >= 0.6 is 31.9 Å². The Balaban J connectivity index is 3.20. The SMILES string of the molecule is O=C(CBr)c1cc(F)c(Br)c(F)c1. The van der Waals surface area contributed by atoms with Crippen molar-refractivity contribution in [1.29, 1.82) is 0 Å². The number of ketones is 1. The standard InChI is InChI=1S/C8H4Br2F2O/c9-3-7(13)4-1-5(11)8(10)6(12)2-4/h1-2H,3H2. The zero-order chi connectivity index (χ0) is 10.0. The van der Waals surface area contributed by atoms with E-state index >= 15 is 0 Å². The number of halogens is 4. The van der Waals surface area contributed by atoms with Crippen LogP contribution in [0.5, 0.6) is 0 Å². The smallest absolute Gasteiger partial charge is 0.173 e. The molecule has 0 amide bonds. The molecule has 0 aliphatic rings. The molecule has 5 heteroatoms. The van der Waals surface area contributed by atoms with E-state index in [9.17, 15) is 13.6 Å². The number of benzene rings is 1. The maximum absolute atomic E-state index is 12.9.